The lowest BCUT2D eigenvalue weighted by atomic mass is 10.2. The van der Waals surface area contributed by atoms with Crippen molar-refractivity contribution in [2.24, 2.45) is 0 Å². The highest BCUT2D eigenvalue weighted by Crippen LogP contribution is 2.34. The second kappa shape index (κ2) is 4.30. The molecule has 1 saturated heterocycles. The molecule has 1 heterocycles. The van der Waals surface area contributed by atoms with E-state index in [1.165, 1.54) is 0 Å². The van der Waals surface area contributed by atoms with E-state index in [4.69, 9.17) is 5.11 Å². The fraction of sp³-hybridized carbons (Fsp3) is 0.714. The number of nitrogens with one attached hydrogen (secondary N) is 1. The van der Waals surface area contributed by atoms with Crippen molar-refractivity contribution in [3.05, 3.63) is 0 Å². The molecule has 4 nitrogen and oxygen atoms in total. The van der Waals surface area contributed by atoms with Gasteiger partial charge >= 0.3 is 12.1 Å². The summed E-state index contributed by atoms with van der Waals surface area (Å²) >= 11 is 0.442. The summed E-state index contributed by atoms with van der Waals surface area (Å²) in [6, 6.07) is -1.24. The van der Waals surface area contributed by atoms with E-state index in [1.807, 2.05) is 5.32 Å². The molecule has 86 valence electrons. The predicted molar refractivity (Wildman–Crippen MR) is 46.5 cm³/mol. The van der Waals surface area contributed by atoms with Crippen LogP contribution in [-0.4, -0.2) is 40.2 Å². The Morgan fingerprint density at radius 2 is 2.13 bits per heavy atom. The first-order chi connectivity index (χ1) is 6.80. The Morgan fingerprint density at radius 3 is 2.60 bits per heavy atom. The number of hydrogen-bond acceptors (Lipinski definition) is 3. The van der Waals surface area contributed by atoms with Crippen LogP contribution < -0.4 is 5.32 Å². The lowest BCUT2D eigenvalue weighted by Gasteiger charge is -2.15. The molecule has 15 heavy (non-hydrogen) atoms. The van der Waals surface area contributed by atoms with Crippen molar-refractivity contribution < 1.29 is 27.9 Å². The lowest BCUT2D eigenvalue weighted by molar-refractivity contribution is -0.143. The van der Waals surface area contributed by atoms with E-state index in [9.17, 15) is 22.8 Å². The fourth-order valence-corrected chi connectivity index (χ4v) is 2.19. The average molecular weight is 243 g/mol. The van der Waals surface area contributed by atoms with Crippen LogP contribution in [0, 0.1) is 0 Å². The van der Waals surface area contributed by atoms with Crippen LogP contribution in [-0.2, 0) is 9.59 Å². The van der Waals surface area contributed by atoms with Crippen LogP contribution in [0.1, 0.15) is 6.42 Å². The fourth-order valence-electron chi connectivity index (χ4n) is 1.08. The van der Waals surface area contributed by atoms with Crippen LogP contribution in [0.2, 0.25) is 0 Å². The number of carboxylic acids is 1. The standard InChI is InChI=1S/C7H8F3NO3S/c8-7(9,10)4-1-5(12)11-3(2-15-4)6(13)14/h3-4H,1-2H2,(H,11,12)(H,13,14)/t3-,4+/m1/s1. The maximum atomic E-state index is 12.3. The summed E-state index contributed by atoms with van der Waals surface area (Å²) in [5.74, 6) is -2.47. The predicted octanol–water partition coefficient (Wildman–Crippen LogP) is 0.624. The third-order valence-corrected chi connectivity index (χ3v) is 3.20. The van der Waals surface area contributed by atoms with Gasteiger partial charge in [0.25, 0.3) is 0 Å². The zero-order valence-corrected chi connectivity index (χ0v) is 8.19. The van der Waals surface area contributed by atoms with Crippen molar-refractivity contribution in [2.75, 3.05) is 5.75 Å². The van der Waals surface area contributed by atoms with Crippen LogP contribution in [0.5, 0.6) is 0 Å². The van der Waals surface area contributed by atoms with E-state index in [0.717, 1.165) is 0 Å². The Morgan fingerprint density at radius 1 is 1.53 bits per heavy atom. The maximum Gasteiger partial charge on any atom is 0.401 e. The van der Waals surface area contributed by atoms with Crippen LogP contribution in [0.25, 0.3) is 0 Å². The van der Waals surface area contributed by atoms with Gasteiger partial charge in [-0.2, -0.15) is 13.2 Å². The molecular weight excluding hydrogens is 235 g/mol. The summed E-state index contributed by atoms with van der Waals surface area (Å²) in [5.41, 5.74) is 0. The highest BCUT2D eigenvalue weighted by molar-refractivity contribution is 8.00. The molecule has 1 aliphatic rings. The van der Waals surface area contributed by atoms with Gasteiger partial charge in [-0.25, -0.2) is 4.79 Å². The number of thioether (sulfide) groups is 1. The van der Waals surface area contributed by atoms with Gasteiger partial charge in [-0.15, -0.1) is 11.8 Å². The Kier molecular flexibility index (Phi) is 3.48. The minimum absolute atomic E-state index is 0.273. The molecule has 0 bridgehead atoms. The topological polar surface area (TPSA) is 66.4 Å². The second-order valence-corrected chi connectivity index (χ2v) is 4.26. The van der Waals surface area contributed by atoms with Gasteiger partial charge in [0, 0.05) is 12.2 Å². The van der Waals surface area contributed by atoms with Gasteiger partial charge in [0.05, 0.1) is 0 Å². The number of carbonyl (C=O) groups is 2. The SMILES string of the molecule is O=C1C[C@@H](C(F)(F)F)SC[C@H](C(=O)O)N1. The van der Waals surface area contributed by atoms with Crippen molar-refractivity contribution in [1.82, 2.24) is 5.32 Å². The van der Waals surface area contributed by atoms with Crippen LogP contribution in [0.3, 0.4) is 0 Å². The van der Waals surface area contributed by atoms with Gasteiger partial charge in [0.2, 0.25) is 5.91 Å². The number of rotatable bonds is 1. The molecule has 1 amide bonds. The van der Waals surface area contributed by atoms with E-state index >= 15 is 0 Å². The molecule has 0 radical (unpaired) electrons. The zero-order valence-electron chi connectivity index (χ0n) is 7.37. The number of hydrogen-bond donors (Lipinski definition) is 2. The third-order valence-electron chi connectivity index (χ3n) is 1.83. The van der Waals surface area contributed by atoms with Crippen molar-refractivity contribution in [3.8, 4) is 0 Å². The van der Waals surface area contributed by atoms with Crippen molar-refractivity contribution >= 4 is 23.6 Å². The minimum atomic E-state index is -4.48. The molecule has 8 heteroatoms. The highest BCUT2D eigenvalue weighted by atomic mass is 32.2. The molecule has 0 saturated carbocycles. The molecule has 1 aliphatic heterocycles. The van der Waals surface area contributed by atoms with Crippen LogP contribution in [0.15, 0.2) is 0 Å². The summed E-state index contributed by atoms with van der Waals surface area (Å²) in [7, 11) is 0. The van der Waals surface area contributed by atoms with E-state index < -0.39 is 35.8 Å². The Balaban J connectivity index is 2.71. The zero-order chi connectivity index (χ0) is 11.6. The van der Waals surface area contributed by atoms with Gasteiger partial charge in [-0.3, -0.25) is 4.79 Å². The monoisotopic (exact) mass is 243 g/mol. The molecule has 2 atom stereocenters. The average Bonchev–Trinajstić information content (AvgIpc) is 2.25. The number of amides is 1. The molecule has 0 aromatic rings. The Labute approximate surface area is 87.2 Å². The summed E-state index contributed by atoms with van der Waals surface area (Å²) in [4.78, 5) is 21.5. The maximum absolute atomic E-state index is 12.3. The van der Waals surface area contributed by atoms with Crippen LogP contribution in [0.4, 0.5) is 13.2 Å². The molecule has 0 aliphatic carbocycles. The lowest BCUT2D eigenvalue weighted by Crippen LogP contribution is -2.41. The second-order valence-electron chi connectivity index (χ2n) is 3.03. The van der Waals surface area contributed by atoms with Crippen molar-refractivity contribution in [1.29, 1.82) is 0 Å². The van der Waals surface area contributed by atoms with Crippen molar-refractivity contribution in [2.45, 2.75) is 23.9 Å². The molecule has 0 aromatic carbocycles. The van der Waals surface area contributed by atoms with Gasteiger partial charge < -0.3 is 10.4 Å². The first-order valence-electron chi connectivity index (χ1n) is 4.01. The third kappa shape index (κ3) is 3.29. The molecule has 0 unspecified atom stereocenters. The molecule has 0 spiro atoms. The van der Waals surface area contributed by atoms with E-state index in [0.29, 0.717) is 11.8 Å². The summed E-state index contributed by atoms with van der Waals surface area (Å²) < 4.78 is 36.8. The summed E-state index contributed by atoms with van der Waals surface area (Å²) in [6.45, 7) is 0. The molecular formula is C7H8F3NO3S. The largest absolute Gasteiger partial charge is 0.480 e. The van der Waals surface area contributed by atoms with Gasteiger partial charge in [-0.05, 0) is 0 Å². The first-order valence-corrected chi connectivity index (χ1v) is 5.06. The van der Waals surface area contributed by atoms with Crippen LogP contribution >= 0.6 is 11.8 Å². The van der Waals surface area contributed by atoms with E-state index in [2.05, 4.69) is 0 Å². The molecule has 2 N–H and O–H groups in total. The van der Waals surface area contributed by atoms with E-state index in [1.54, 1.807) is 0 Å². The first kappa shape index (κ1) is 12.2. The van der Waals surface area contributed by atoms with Gasteiger partial charge in [-0.1, -0.05) is 0 Å². The number of alkyl halides is 3. The van der Waals surface area contributed by atoms with Crippen molar-refractivity contribution in [3.63, 3.8) is 0 Å². The Bertz CT molecular complexity index is 281. The smallest absolute Gasteiger partial charge is 0.401 e. The van der Waals surface area contributed by atoms with E-state index in [-0.39, 0.29) is 5.75 Å². The number of halogens is 3. The normalized spacial score (nSPS) is 28.1. The molecule has 1 fully saturated rings. The minimum Gasteiger partial charge on any atom is -0.480 e. The quantitative estimate of drug-likeness (QED) is 0.708. The number of carbonyl (C=O) groups excluding carboxylic acids is 1. The van der Waals surface area contributed by atoms with Gasteiger partial charge in [0.15, 0.2) is 0 Å². The van der Waals surface area contributed by atoms with Gasteiger partial charge in [0.1, 0.15) is 11.3 Å². The summed E-state index contributed by atoms with van der Waals surface area (Å²) in [6.07, 6.45) is -5.20. The molecule has 0 aromatic heterocycles. The Hall–Kier alpha value is -0.920. The number of carboxylic acid groups (broad SMARTS) is 1. The highest BCUT2D eigenvalue weighted by Gasteiger charge is 2.43. The molecule has 1 rings (SSSR count). The summed E-state index contributed by atoms with van der Waals surface area (Å²) in [5, 5.41) is 8.76. The number of aliphatic carboxylic acids is 1.